The minimum Gasteiger partial charge on any atom is -0.426 e. The molecule has 1 saturated heterocycles. The van der Waals surface area contributed by atoms with Gasteiger partial charge >= 0.3 is 7.12 Å². The molecule has 0 aromatic heterocycles. The molecule has 1 aromatic carbocycles. The summed E-state index contributed by atoms with van der Waals surface area (Å²) < 4.78 is 27.6. The van der Waals surface area contributed by atoms with Gasteiger partial charge in [0.2, 0.25) is 15.9 Å². The molecule has 0 bridgehead atoms. The van der Waals surface area contributed by atoms with Crippen LogP contribution in [0, 0.1) is 0 Å². The molecular weight excluding hydrogens is 381 g/mol. The second kappa shape index (κ2) is 9.36. The molecule has 0 radical (unpaired) electrons. The van der Waals surface area contributed by atoms with Gasteiger partial charge in [-0.15, -0.1) is 0 Å². The van der Waals surface area contributed by atoms with Gasteiger partial charge < -0.3 is 20.3 Å². The molecule has 8 nitrogen and oxygen atoms in total. The van der Waals surface area contributed by atoms with Crippen molar-refractivity contribution in [2.24, 2.45) is 0 Å². The van der Waals surface area contributed by atoms with E-state index < -0.39 is 23.1 Å². The minimum atomic E-state index is -3.51. The van der Waals surface area contributed by atoms with Crippen molar-refractivity contribution >= 4 is 23.0 Å². The predicted molar refractivity (Wildman–Crippen MR) is 106 cm³/mol. The second-order valence-electron chi connectivity index (χ2n) is 7.57. The standard InChI is InChI=1S/C18H28BN3O5S/c23-18(22-12-4-7-17(22)19(24)25)13-20-14-8-10-15(11-9-14)21-28(26,27)16-5-2-1-3-6-16/h1-3,5-6,14-15,17,20-21,24-25H,4,7-13H2/t14?,15?,17-/m0/s1. The van der Waals surface area contributed by atoms with Gasteiger partial charge in [0, 0.05) is 18.6 Å². The molecule has 4 N–H and O–H groups in total. The summed E-state index contributed by atoms with van der Waals surface area (Å²) in [5, 5.41) is 22.0. The Balaban J connectivity index is 1.43. The number of benzene rings is 1. The molecule has 154 valence electrons. The zero-order valence-corrected chi connectivity index (χ0v) is 16.6. The average Bonchev–Trinajstić information content (AvgIpc) is 3.18. The van der Waals surface area contributed by atoms with E-state index in [1.165, 1.54) is 4.90 Å². The van der Waals surface area contributed by atoms with Crippen molar-refractivity contribution in [2.45, 2.75) is 61.4 Å². The fourth-order valence-electron chi connectivity index (χ4n) is 4.05. The van der Waals surface area contributed by atoms with E-state index in [0.29, 0.717) is 25.8 Å². The zero-order valence-electron chi connectivity index (χ0n) is 15.8. The lowest BCUT2D eigenvalue weighted by Crippen LogP contribution is -2.50. The van der Waals surface area contributed by atoms with Crippen LogP contribution in [0.25, 0.3) is 0 Å². The molecule has 1 aromatic rings. The van der Waals surface area contributed by atoms with Crippen LogP contribution >= 0.6 is 0 Å². The third-order valence-corrected chi connectivity index (χ3v) is 7.14. The van der Waals surface area contributed by atoms with Crippen molar-refractivity contribution in [3.05, 3.63) is 30.3 Å². The normalized spacial score (nSPS) is 25.6. The predicted octanol–water partition coefficient (Wildman–Crippen LogP) is -0.131. The highest BCUT2D eigenvalue weighted by molar-refractivity contribution is 7.89. The van der Waals surface area contributed by atoms with Crippen molar-refractivity contribution in [1.29, 1.82) is 0 Å². The van der Waals surface area contributed by atoms with Crippen LogP contribution < -0.4 is 10.0 Å². The molecule has 1 aliphatic carbocycles. The highest BCUT2D eigenvalue weighted by Gasteiger charge is 2.36. The minimum absolute atomic E-state index is 0.105. The number of likely N-dealkylation sites (tertiary alicyclic amines) is 1. The Morgan fingerprint density at radius 3 is 2.36 bits per heavy atom. The number of carbonyl (C=O) groups is 1. The Kier molecular flexibility index (Phi) is 7.11. The Hall–Kier alpha value is -1.46. The molecular formula is C18H28BN3O5S. The van der Waals surface area contributed by atoms with Gasteiger partial charge in [-0.25, -0.2) is 13.1 Å². The smallest absolute Gasteiger partial charge is 0.426 e. The summed E-state index contributed by atoms with van der Waals surface area (Å²) in [5.74, 6) is -0.639. The quantitative estimate of drug-likeness (QED) is 0.466. The number of nitrogens with zero attached hydrogens (tertiary/aromatic N) is 1. The van der Waals surface area contributed by atoms with E-state index in [4.69, 9.17) is 0 Å². The lowest BCUT2D eigenvalue weighted by molar-refractivity contribution is -0.130. The first kappa shape index (κ1) is 21.3. The summed E-state index contributed by atoms with van der Waals surface area (Å²) >= 11 is 0. The van der Waals surface area contributed by atoms with Gasteiger partial charge in [0.05, 0.1) is 17.4 Å². The van der Waals surface area contributed by atoms with Crippen LogP contribution in [0.5, 0.6) is 0 Å². The molecule has 1 heterocycles. The van der Waals surface area contributed by atoms with Crippen LogP contribution in [0.3, 0.4) is 0 Å². The largest absolute Gasteiger partial charge is 0.475 e. The summed E-state index contributed by atoms with van der Waals surface area (Å²) in [6, 6.07) is 8.39. The highest BCUT2D eigenvalue weighted by Crippen LogP contribution is 2.22. The summed E-state index contributed by atoms with van der Waals surface area (Å²) in [6.07, 6.45) is 4.36. The van der Waals surface area contributed by atoms with E-state index in [2.05, 4.69) is 10.0 Å². The van der Waals surface area contributed by atoms with Gasteiger partial charge in [-0.1, -0.05) is 18.2 Å². The lowest BCUT2D eigenvalue weighted by Gasteiger charge is -2.30. The van der Waals surface area contributed by atoms with Gasteiger partial charge in [0.15, 0.2) is 0 Å². The first-order valence-corrected chi connectivity index (χ1v) is 11.3. The van der Waals surface area contributed by atoms with E-state index >= 15 is 0 Å². The first-order chi connectivity index (χ1) is 13.4. The highest BCUT2D eigenvalue weighted by atomic mass is 32.2. The Labute approximate surface area is 166 Å². The van der Waals surface area contributed by atoms with Crippen LogP contribution in [0.1, 0.15) is 38.5 Å². The molecule has 1 aliphatic heterocycles. The maximum atomic E-state index is 12.4. The SMILES string of the molecule is O=C(CNC1CCC(NS(=O)(=O)c2ccccc2)CC1)N1CCC[C@H]1B(O)O. The molecule has 1 atom stereocenters. The van der Waals surface area contributed by atoms with E-state index in [1.54, 1.807) is 30.3 Å². The number of rotatable bonds is 7. The van der Waals surface area contributed by atoms with E-state index in [0.717, 1.165) is 19.3 Å². The Bertz CT molecular complexity index is 754. The van der Waals surface area contributed by atoms with Gasteiger partial charge in [0.25, 0.3) is 0 Å². The Morgan fingerprint density at radius 1 is 1.07 bits per heavy atom. The van der Waals surface area contributed by atoms with Crippen molar-refractivity contribution in [1.82, 2.24) is 14.9 Å². The number of hydrogen-bond acceptors (Lipinski definition) is 6. The topological polar surface area (TPSA) is 119 Å². The molecule has 2 aliphatic rings. The van der Waals surface area contributed by atoms with Crippen LogP contribution in [-0.4, -0.2) is 67.5 Å². The van der Waals surface area contributed by atoms with Crippen LogP contribution in [0.2, 0.25) is 0 Å². The average molecular weight is 409 g/mol. The molecule has 2 fully saturated rings. The van der Waals surface area contributed by atoms with E-state index in [9.17, 15) is 23.3 Å². The molecule has 28 heavy (non-hydrogen) atoms. The fraction of sp³-hybridized carbons (Fsp3) is 0.611. The number of sulfonamides is 1. The summed E-state index contributed by atoms with van der Waals surface area (Å²) in [4.78, 5) is 14.2. The fourth-order valence-corrected chi connectivity index (χ4v) is 5.37. The number of hydrogen-bond donors (Lipinski definition) is 4. The van der Waals surface area contributed by atoms with Crippen LogP contribution in [0.15, 0.2) is 35.2 Å². The molecule has 10 heteroatoms. The van der Waals surface area contributed by atoms with Gasteiger partial charge in [-0.3, -0.25) is 4.79 Å². The maximum absolute atomic E-state index is 12.4. The first-order valence-electron chi connectivity index (χ1n) is 9.83. The summed E-state index contributed by atoms with van der Waals surface area (Å²) in [5.41, 5.74) is 0. The molecule has 0 spiro atoms. The van der Waals surface area contributed by atoms with Gasteiger partial charge in [0.1, 0.15) is 0 Å². The third-order valence-electron chi connectivity index (χ3n) is 5.61. The van der Waals surface area contributed by atoms with Crippen molar-refractivity contribution in [3.8, 4) is 0 Å². The van der Waals surface area contributed by atoms with E-state index in [-0.39, 0.29) is 29.4 Å². The summed E-state index contributed by atoms with van der Waals surface area (Å²) in [6.45, 7) is 0.713. The second-order valence-corrected chi connectivity index (χ2v) is 9.29. The third kappa shape index (κ3) is 5.33. The maximum Gasteiger partial charge on any atom is 0.475 e. The van der Waals surface area contributed by atoms with Crippen molar-refractivity contribution in [3.63, 3.8) is 0 Å². The van der Waals surface area contributed by atoms with Crippen LogP contribution in [-0.2, 0) is 14.8 Å². The Morgan fingerprint density at radius 2 is 1.71 bits per heavy atom. The molecule has 0 unspecified atom stereocenters. The van der Waals surface area contributed by atoms with Gasteiger partial charge in [-0.05, 0) is 50.7 Å². The molecule has 3 rings (SSSR count). The van der Waals surface area contributed by atoms with Crippen molar-refractivity contribution in [2.75, 3.05) is 13.1 Å². The van der Waals surface area contributed by atoms with Crippen LogP contribution in [0.4, 0.5) is 0 Å². The summed E-state index contributed by atoms with van der Waals surface area (Å²) in [7, 11) is -5.01. The van der Waals surface area contributed by atoms with Crippen molar-refractivity contribution < 1.29 is 23.3 Å². The molecule has 1 amide bonds. The van der Waals surface area contributed by atoms with E-state index in [1.807, 2.05) is 0 Å². The monoisotopic (exact) mass is 409 g/mol. The lowest BCUT2D eigenvalue weighted by atomic mass is 9.78. The molecule has 1 saturated carbocycles. The number of carbonyl (C=O) groups excluding carboxylic acids is 1. The zero-order chi connectivity index (χ0) is 20.1. The number of amides is 1. The number of nitrogens with one attached hydrogen (secondary N) is 2. The van der Waals surface area contributed by atoms with Gasteiger partial charge in [-0.2, -0.15) is 0 Å².